The molecule has 114 valence electrons. The topological polar surface area (TPSA) is 84.9 Å². The van der Waals surface area contributed by atoms with Gasteiger partial charge in [-0.3, -0.25) is 0 Å². The van der Waals surface area contributed by atoms with Crippen LogP contribution in [0.1, 0.15) is 19.8 Å². The van der Waals surface area contributed by atoms with E-state index in [4.69, 9.17) is 9.47 Å². The molecular weight excluding hydrogens is 270 g/mol. The van der Waals surface area contributed by atoms with Gasteiger partial charge in [-0.2, -0.15) is 0 Å². The SMILES string of the molecule is CCOCCOCC(O)CNC1CCS(=O)(=O)CC1. The van der Waals surface area contributed by atoms with E-state index in [0.717, 1.165) is 0 Å². The van der Waals surface area contributed by atoms with E-state index in [-0.39, 0.29) is 24.2 Å². The van der Waals surface area contributed by atoms with Crippen LogP contribution in [0.5, 0.6) is 0 Å². The van der Waals surface area contributed by atoms with Crippen molar-refractivity contribution >= 4 is 9.84 Å². The maximum atomic E-state index is 11.3. The van der Waals surface area contributed by atoms with Gasteiger partial charge < -0.3 is 19.9 Å². The predicted molar refractivity (Wildman–Crippen MR) is 73.0 cm³/mol. The monoisotopic (exact) mass is 295 g/mol. The van der Waals surface area contributed by atoms with Gasteiger partial charge in [-0.25, -0.2) is 8.42 Å². The molecule has 1 unspecified atom stereocenters. The van der Waals surface area contributed by atoms with Crippen LogP contribution in [0.25, 0.3) is 0 Å². The van der Waals surface area contributed by atoms with E-state index in [1.165, 1.54) is 0 Å². The first-order valence-electron chi connectivity index (χ1n) is 6.81. The number of sulfone groups is 1. The predicted octanol–water partition coefficient (Wildman–Crippen LogP) is -0.433. The molecule has 1 fully saturated rings. The summed E-state index contributed by atoms with van der Waals surface area (Å²) in [6.07, 6.45) is 0.681. The summed E-state index contributed by atoms with van der Waals surface area (Å²) in [5, 5.41) is 12.9. The third kappa shape index (κ3) is 7.84. The lowest BCUT2D eigenvalue weighted by atomic mass is 10.1. The minimum atomic E-state index is -2.82. The molecule has 1 saturated heterocycles. The second-order valence-electron chi connectivity index (χ2n) is 4.76. The Balaban J connectivity index is 2.02. The minimum absolute atomic E-state index is 0.182. The smallest absolute Gasteiger partial charge is 0.150 e. The molecule has 0 aromatic carbocycles. The Kier molecular flexibility index (Phi) is 7.86. The molecule has 0 aromatic heterocycles. The normalized spacial score (nSPS) is 21.4. The lowest BCUT2D eigenvalue weighted by molar-refractivity contribution is 0.00565. The van der Waals surface area contributed by atoms with Crippen LogP contribution in [0.4, 0.5) is 0 Å². The van der Waals surface area contributed by atoms with Crippen LogP contribution >= 0.6 is 0 Å². The maximum Gasteiger partial charge on any atom is 0.150 e. The Morgan fingerprint density at radius 3 is 2.53 bits per heavy atom. The van der Waals surface area contributed by atoms with E-state index >= 15 is 0 Å². The van der Waals surface area contributed by atoms with Crippen molar-refractivity contribution in [3.05, 3.63) is 0 Å². The molecule has 19 heavy (non-hydrogen) atoms. The summed E-state index contributed by atoms with van der Waals surface area (Å²) in [5.74, 6) is 0.483. The molecule has 7 heteroatoms. The van der Waals surface area contributed by atoms with Crippen molar-refractivity contribution in [3.63, 3.8) is 0 Å². The Hall–Kier alpha value is -0.210. The zero-order valence-corrected chi connectivity index (χ0v) is 12.3. The van der Waals surface area contributed by atoms with Gasteiger partial charge in [-0.05, 0) is 19.8 Å². The van der Waals surface area contributed by atoms with Crippen molar-refractivity contribution in [1.82, 2.24) is 5.32 Å². The van der Waals surface area contributed by atoms with Gasteiger partial charge >= 0.3 is 0 Å². The molecule has 0 amide bonds. The fourth-order valence-electron chi connectivity index (χ4n) is 1.94. The lowest BCUT2D eigenvalue weighted by Gasteiger charge is -2.24. The fraction of sp³-hybridized carbons (Fsp3) is 1.00. The largest absolute Gasteiger partial charge is 0.389 e. The molecule has 0 saturated carbocycles. The highest BCUT2D eigenvalue weighted by atomic mass is 32.2. The Morgan fingerprint density at radius 2 is 1.89 bits per heavy atom. The average molecular weight is 295 g/mol. The third-order valence-corrected chi connectivity index (χ3v) is 4.80. The van der Waals surface area contributed by atoms with Crippen molar-refractivity contribution in [2.45, 2.75) is 31.9 Å². The summed E-state index contributed by atoms with van der Waals surface area (Å²) >= 11 is 0. The van der Waals surface area contributed by atoms with Crippen molar-refractivity contribution < 1.29 is 23.0 Å². The van der Waals surface area contributed by atoms with Crippen LogP contribution < -0.4 is 5.32 Å². The Bertz CT molecular complexity index is 319. The highest BCUT2D eigenvalue weighted by molar-refractivity contribution is 7.91. The molecule has 1 heterocycles. The number of nitrogens with one attached hydrogen (secondary N) is 1. The zero-order valence-electron chi connectivity index (χ0n) is 11.5. The number of hydrogen-bond acceptors (Lipinski definition) is 6. The number of aliphatic hydroxyl groups is 1. The summed E-state index contributed by atoms with van der Waals surface area (Å²) < 4.78 is 32.9. The van der Waals surface area contributed by atoms with Crippen LogP contribution in [-0.2, 0) is 19.3 Å². The van der Waals surface area contributed by atoms with Crippen LogP contribution in [0.2, 0.25) is 0 Å². The molecule has 0 spiro atoms. The number of hydrogen-bond donors (Lipinski definition) is 2. The first-order chi connectivity index (χ1) is 9.03. The van der Waals surface area contributed by atoms with Crippen molar-refractivity contribution in [1.29, 1.82) is 0 Å². The summed E-state index contributed by atoms with van der Waals surface area (Å²) in [5.41, 5.74) is 0. The highest BCUT2D eigenvalue weighted by Crippen LogP contribution is 2.11. The van der Waals surface area contributed by atoms with Gasteiger partial charge in [0.25, 0.3) is 0 Å². The third-order valence-electron chi connectivity index (χ3n) is 3.08. The van der Waals surface area contributed by atoms with Gasteiger partial charge in [0, 0.05) is 19.2 Å². The Morgan fingerprint density at radius 1 is 1.26 bits per heavy atom. The molecule has 1 atom stereocenters. The van der Waals surface area contributed by atoms with Gasteiger partial charge in [0.2, 0.25) is 0 Å². The molecule has 0 aliphatic carbocycles. The minimum Gasteiger partial charge on any atom is -0.389 e. The van der Waals surface area contributed by atoms with Gasteiger partial charge in [0.15, 0.2) is 0 Å². The van der Waals surface area contributed by atoms with E-state index in [2.05, 4.69) is 5.32 Å². The molecule has 6 nitrogen and oxygen atoms in total. The van der Waals surface area contributed by atoms with Gasteiger partial charge in [0.05, 0.1) is 37.4 Å². The zero-order chi connectivity index (χ0) is 14.1. The average Bonchev–Trinajstić information content (AvgIpc) is 2.37. The van der Waals surface area contributed by atoms with Crippen molar-refractivity contribution in [2.24, 2.45) is 0 Å². The van der Waals surface area contributed by atoms with E-state index < -0.39 is 15.9 Å². The molecule has 0 radical (unpaired) electrons. The summed E-state index contributed by atoms with van der Waals surface area (Å²) in [6, 6.07) is 0.182. The summed E-state index contributed by atoms with van der Waals surface area (Å²) in [7, 11) is -2.82. The van der Waals surface area contributed by atoms with Crippen LogP contribution in [-0.4, -0.2) is 70.1 Å². The molecule has 1 aliphatic rings. The summed E-state index contributed by atoms with van der Waals surface area (Å²) in [4.78, 5) is 0. The molecular formula is C12H25NO5S. The standard InChI is InChI=1S/C12H25NO5S/c1-2-17-5-6-18-10-12(14)9-13-11-3-7-19(15,16)8-4-11/h11-14H,2-10H2,1H3. The maximum absolute atomic E-state index is 11.3. The second-order valence-corrected chi connectivity index (χ2v) is 7.06. The Labute approximate surface area is 115 Å². The number of aliphatic hydroxyl groups excluding tert-OH is 1. The lowest BCUT2D eigenvalue weighted by Crippen LogP contribution is -2.42. The van der Waals surface area contributed by atoms with E-state index in [9.17, 15) is 13.5 Å². The molecule has 0 bridgehead atoms. The molecule has 1 rings (SSSR count). The first kappa shape index (κ1) is 16.8. The van der Waals surface area contributed by atoms with Gasteiger partial charge in [-0.1, -0.05) is 0 Å². The molecule has 2 N–H and O–H groups in total. The first-order valence-corrected chi connectivity index (χ1v) is 8.63. The van der Waals surface area contributed by atoms with E-state index in [1.54, 1.807) is 0 Å². The number of ether oxygens (including phenoxy) is 2. The molecule has 1 aliphatic heterocycles. The quantitative estimate of drug-likeness (QED) is 0.561. The van der Waals surface area contributed by atoms with Crippen LogP contribution in [0, 0.1) is 0 Å². The summed E-state index contributed by atoms with van der Waals surface area (Å²) in [6.45, 7) is 4.30. The highest BCUT2D eigenvalue weighted by Gasteiger charge is 2.23. The van der Waals surface area contributed by atoms with Crippen molar-refractivity contribution in [3.8, 4) is 0 Å². The van der Waals surface area contributed by atoms with Crippen molar-refractivity contribution in [2.75, 3.05) is 44.5 Å². The van der Waals surface area contributed by atoms with E-state index in [0.29, 0.717) is 39.2 Å². The van der Waals surface area contributed by atoms with E-state index in [1.807, 2.05) is 6.92 Å². The van der Waals surface area contributed by atoms with Crippen LogP contribution in [0.3, 0.4) is 0 Å². The fourth-order valence-corrected chi connectivity index (χ4v) is 3.43. The van der Waals surface area contributed by atoms with Gasteiger partial charge in [0.1, 0.15) is 9.84 Å². The number of rotatable bonds is 9. The van der Waals surface area contributed by atoms with Crippen LogP contribution in [0.15, 0.2) is 0 Å². The van der Waals surface area contributed by atoms with Gasteiger partial charge in [-0.15, -0.1) is 0 Å². The second kappa shape index (κ2) is 8.86. The molecule has 0 aromatic rings.